The Hall–Kier alpha value is -0.570. The highest BCUT2D eigenvalue weighted by atomic mass is 16.2. The molecule has 1 amide bonds. The van der Waals surface area contributed by atoms with Gasteiger partial charge in [-0.05, 0) is 19.9 Å². The molecule has 2 unspecified atom stereocenters. The second-order valence-electron chi connectivity index (χ2n) is 4.20. The summed E-state index contributed by atoms with van der Waals surface area (Å²) in [6.45, 7) is 3.86. The quantitative estimate of drug-likeness (QED) is 0.596. The van der Waals surface area contributed by atoms with Crippen LogP contribution in [0, 0.1) is 0 Å². The lowest BCUT2D eigenvalue weighted by atomic mass is 10.2. The summed E-state index contributed by atoms with van der Waals surface area (Å²) in [4.78, 5) is 16.0. The van der Waals surface area contributed by atoms with Gasteiger partial charge in [-0.1, -0.05) is 6.92 Å². The van der Waals surface area contributed by atoms with E-state index in [1.165, 1.54) is 12.8 Å². The van der Waals surface area contributed by atoms with Crippen LogP contribution in [0.25, 0.3) is 0 Å². The first kappa shape index (κ1) is 9.00. The Morgan fingerprint density at radius 3 is 2.31 bits per heavy atom. The molecular weight excluding hydrogens is 164 g/mol. The molecule has 0 N–H and O–H groups in total. The summed E-state index contributed by atoms with van der Waals surface area (Å²) >= 11 is 0. The van der Waals surface area contributed by atoms with Crippen LogP contribution in [0.1, 0.15) is 26.2 Å². The summed E-state index contributed by atoms with van der Waals surface area (Å²) in [5.74, 6) is 0.324. The molecule has 2 fully saturated rings. The van der Waals surface area contributed by atoms with Crippen LogP contribution in [0.2, 0.25) is 0 Å². The van der Waals surface area contributed by atoms with E-state index in [4.69, 9.17) is 0 Å². The van der Waals surface area contributed by atoms with E-state index >= 15 is 0 Å². The van der Waals surface area contributed by atoms with Gasteiger partial charge in [-0.2, -0.15) is 0 Å². The summed E-state index contributed by atoms with van der Waals surface area (Å²) in [6.07, 6.45) is 3.20. The smallest absolute Gasteiger partial charge is 0.222 e. The molecule has 74 valence electrons. The molecule has 2 aliphatic rings. The summed E-state index contributed by atoms with van der Waals surface area (Å²) in [5, 5.41) is 0. The minimum Gasteiger partial charge on any atom is -0.340 e. The number of amides is 1. The van der Waals surface area contributed by atoms with Crippen LogP contribution in [-0.4, -0.2) is 47.9 Å². The molecule has 2 saturated heterocycles. The van der Waals surface area contributed by atoms with Crippen molar-refractivity contribution in [2.45, 2.75) is 38.3 Å². The third-order valence-corrected chi connectivity index (χ3v) is 3.50. The molecule has 0 aromatic heterocycles. The largest absolute Gasteiger partial charge is 0.340 e. The number of carbonyl (C=O) groups excluding carboxylic acids is 1. The topological polar surface area (TPSA) is 23.6 Å². The van der Waals surface area contributed by atoms with Gasteiger partial charge in [0.1, 0.15) is 0 Å². The molecular formula is C10H18N2O. The fraction of sp³-hybridized carbons (Fsp3) is 0.900. The van der Waals surface area contributed by atoms with Crippen molar-refractivity contribution >= 4 is 5.91 Å². The number of fused-ring (bicyclic) bond motifs is 2. The molecule has 2 aliphatic heterocycles. The van der Waals surface area contributed by atoms with E-state index in [9.17, 15) is 4.79 Å². The van der Waals surface area contributed by atoms with E-state index in [0.717, 1.165) is 13.1 Å². The third-order valence-electron chi connectivity index (χ3n) is 3.50. The number of carbonyl (C=O) groups is 1. The zero-order chi connectivity index (χ0) is 9.42. The maximum Gasteiger partial charge on any atom is 0.222 e. The summed E-state index contributed by atoms with van der Waals surface area (Å²) in [6, 6.07) is 1.27. The molecule has 0 aromatic rings. The van der Waals surface area contributed by atoms with Gasteiger partial charge in [0.15, 0.2) is 0 Å². The minimum absolute atomic E-state index is 0.324. The Morgan fingerprint density at radius 2 is 1.85 bits per heavy atom. The van der Waals surface area contributed by atoms with Crippen molar-refractivity contribution in [3.8, 4) is 0 Å². The van der Waals surface area contributed by atoms with Gasteiger partial charge >= 0.3 is 0 Å². The molecule has 3 nitrogen and oxygen atoms in total. The normalized spacial score (nSPS) is 33.8. The summed E-state index contributed by atoms with van der Waals surface area (Å²) in [7, 11) is 2.19. The number of hydrogen-bond donors (Lipinski definition) is 0. The number of piperazine rings is 1. The van der Waals surface area contributed by atoms with Gasteiger partial charge in [0.25, 0.3) is 0 Å². The van der Waals surface area contributed by atoms with Crippen molar-refractivity contribution < 1.29 is 4.79 Å². The maximum absolute atomic E-state index is 11.5. The Morgan fingerprint density at radius 1 is 1.31 bits per heavy atom. The molecule has 2 heterocycles. The molecule has 0 saturated carbocycles. The Kier molecular flexibility index (Phi) is 2.28. The molecule has 3 heteroatoms. The van der Waals surface area contributed by atoms with Crippen LogP contribution >= 0.6 is 0 Å². The highest BCUT2D eigenvalue weighted by Crippen LogP contribution is 2.28. The highest BCUT2D eigenvalue weighted by Gasteiger charge is 2.38. The maximum atomic E-state index is 11.5. The number of nitrogens with zero attached hydrogens (tertiary/aromatic N) is 2. The van der Waals surface area contributed by atoms with Crippen molar-refractivity contribution in [2.75, 3.05) is 20.1 Å². The lowest BCUT2D eigenvalue weighted by Gasteiger charge is -2.38. The average Bonchev–Trinajstić information content (AvgIpc) is 2.42. The SMILES string of the molecule is CCC(=O)N1CC2CCC(C1)N2C. The number of hydrogen-bond acceptors (Lipinski definition) is 2. The predicted octanol–water partition coefficient (Wildman–Crippen LogP) is 0.701. The molecule has 0 radical (unpaired) electrons. The molecule has 2 rings (SSSR count). The van der Waals surface area contributed by atoms with Crippen molar-refractivity contribution in [1.29, 1.82) is 0 Å². The molecule has 13 heavy (non-hydrogen) atoms. The van der Waals surface area contributed by atoms with E-state index in [1.807, 2.05) is 11.8 Å². The van der Waals surface area contributed by atoms with Crippen LogP contribution in [0.15, 0.2) is 0 Å². The van der Waals surface area contributed by atoms with Gasteiger partial charge in [-0.15, -0.1) is 0 Å². The van der Waals surface area contributed by atoms with Crippen LogP contribution < -0.4 is 0 Å². The lowest BCUT2D eigenvalue weighted by Crippen LogP contribution is -2.53. The summed E-state index contributed by atoms with van der Waals surface area (Å²) in [5.41, 5.74) is 0. The lowest BCUT2D eigenvalue weighted by molar-refractivity contribution is -0.133. The first-order valence-electron chi connectivity index (χ1n) is 5.22. The predicted molar refractivity (Wildman–Crippen MR) is 51.4 cm³/mol. The minimum atomic E-state index is 0.324. The van der Waals surface area contributed by atoms with E-state index in [0.29, 0.717) is 24.4 Å². The zero-order valence-electron chi connectivity index (χ0n) is 8.49. The van der Waals surface area contributed by atoms with Crippen molar-refractivity contribution in [3.63, 3.8) is 0 Å². The Balaban J connectivity index is 2.02. The average molecular weight is 182 g/mol. The Bertz CT molecular complexity index is 203. The number of rotatable bonds is 1. The Labute approximate surface area is 79.7 Å². The fourth-order valence-corrected chi connectivity index (χ4v) is 2.54. The second kappa shape index (κ2) is 3.29. The molecule has 2 atom stereocenters. The van der Waals surface area contributed by atoms with Gasteiger partial charge < -0.3 is 4.90 Å². The van der Waals surface area contributed by atoms with Crippen LogP contribution in [0.3, 0.4) is 0 Å². The van der Waals surface area contributed by atoms with E-state index in [1.54, 1.807) is 0 Å². The first-order valence-corrected chi connectivity index (χ1v) is 5.22. The van der Waals surface area contributed by atoms with Gasteiger partial charge in [-0.3, -0.25) is 9.69 Å². The second-order valence-corrected chi connectivity index (χ2v) is 4.20. The van der Waals surface area contributed by atoms with Crippen LogP contribution in [-0.2, 0) is 4.79 Å². The number of likely N-dealkylation sites (tertiary alicyclic amines) is 1. The van der Waals surface area contributed by atoms with Gasteiger partial charge in [-0.25, -0.2) is 0 Å². The number of likely N-dealkylation sites (N-methyl/N-ethyl adjacent to an activating group) is 1. The van der Waals surface area contributed by atoms with E-state index < -0.39 is 0 Å². The third kappa shape index (κ3) is 1.46. The van der Waals surface area contributed by atoms with E-state index in [-0.39, 0.29) is 0 Å². The molecule has 0 spiro atoms. The molecule has 0 aromatic carbocycles. The van der Waals surface area contributed by atoms with Gasteiger partial charge in [0.05, 0.1) is 0 Å². The first-order chi connectivity index (χ1) is 6.22. The van der Waals surface area contributed by atoms with Gasteiger partial charge in [0.2, 0.25) is 5.91 Å². The molecule has 0 aliphatic carbocycles. The van der Waals surface area contributed by atoms with Crippen LogP contribution in [0.4, 0.5) is 0 Å². The van der Waals surface area contributed by atoms with Gasteiger partial charge in [0, 0.05) is 31.6 Å². The van der Waals surface area contributed by atoms with E-state index in [2.05, 4.69) is 11.9 Å². The molecule has 2 bridgehead atoms. The highest BCUT2D eigenvalue weighted by molar-refractivity contribution is 5.76. The van der Waals surface area contributed by atoms with Crippen molar-refractivity contribution in [3.05, 3.63) is 0 Å². The van der Waals surface area contributed by atoms with Crippen molar-refractivity contribution in [1.82, 2.24) is 9.80 Å². The van der Waals surface area contributed by atoms with Crippen molar-refractivity contribution in [2.24, 2.45) is 0 Å². The fourth-order valence-electron chi connectivity index (χ4n) is 2.54. The van der Waals surface area contributed by atoms with Crippen LogP contribution in [0.5, 0.6) is 0 Å². The zero-order valence-corrected chi connectivity index (χ0v) is 8.49. The monoisotopic (exact) mass is 182 g/mol. The summed E-state index contributed by atoms with van der Waals surface area (Å²) < 4.78 is 0. The standard InChI is InChI=1S/C10H18N2O/c1-3-10(13)12-6-8-4-5-9(7-12)11(8)2/h8-9H,3-7H2,1-2H3.